The monoisotopic (exact) mass is 342 g/mol. The molecule has 10 heteroatoms. The van der Waals surface area contributed by atoms with Gasteiger partial charge in [-0.15, -0.1) is 11.8 Å². The summed E-state index contributed by atoms with van der Waals surface area (Å²) in [5, 5.41) is 57.8. The van der Waals surface area contributed by atoms with Gasteiger partial charge in [-0.05, 0) is 0 Å². The Bertz CT molecular complexity index is 357. The van der Waals surface area contributed by atoms with E-state index in [0.717, 1.165) is 11.8 Å². The van der Waals surface area contributed by atoms with Gasteiger partial charge in [-0.2, -0.15) is 0 Å². The van der Waals surface area contributed by atoms with E-state index in [0.29, 0.717) is 0 Å². The van der Waals surface area contributed by atoms with Crippen LogP contribution in [-0.2, 0) is 14.2 Å². The molecule has 9 nitrogen and oxygen atoms in total. The van der Waals surface area contributed by atoms with E-state index in [-0.39, 0.29) is 5.75 Å². The summed E-state index contributed by atoms with van der Waals surface area (Å²) in [5.41, 5.74) is -0.798. The van der Waals surface area contributed by atoms with Gasteiger partial charge in [0.2, 0.25) is 0 Å². The molecule has 0 radical (unpaired) electrons. The lowest BCUT2D eigenvalue weighted by Crippen LogP contribution is -2.58. The van der Waals surface area contributed by atoms with Crippen molar-refractivity contribution in [2.24, 2.45) is 0 Å². The highest BCUT2D eigenvalue weighted by atomic mass is 32.2. The molecule has 0 aromatic rings. The van der Waals surface area contributed by atoms with E-state index in [9.17, 15) is 25.5 Å². The summed E-state index contributed by atoms with van der Waals surface area (Å²) in [7, 11) is 1.30. The molecule has 0 aliphatic carbocycles. The number of hydrogen-bond donors (Lipinski definition) is 6. The first kappa shape index (κ1) is 18.3. The van der Waals surface area contributed by atoms with Crippen molar-refractivity contribution in [2.45, 2.75) is 54.5 Å². The van der Waals surface area contributed by atoms with Gasteiger partial charge < -0.3 is 44.8 Å². The second-order valence-electron chi connectivity index (χ2n) is 5.29. The van der Waals surface area contributed by atoms with E-state index in [1.807, 2.05) is 0 Å². The first-order valence-electron chi connectivity index (χ1n) is 6.87. The molecule has 2 fully saturated rings. The van der Waals surface area contributed by atoms with Crippen LogP contribution in [-0.4, -0.2) is 105 Å². The Morgan fingerprint density at radius 2 is 1.50 bits per heavy atom. The van der Waals surface area contributed by atoms with Crippen molar-refractivity contribution in [3.8, 4) is 0 Å². The van der Waals surface area contributed by atoms with Gasteiger partial charge in [-0.25, -0.2) is 0 Å². The van der Waals surface area contributed by atoms with Crippen molar-refractivity contribution in [2.75, 3.05) is 19.5 Å². The molecule has 0 aromatic carbocycles. The Labute approximate surface area is 131 Å². The standard InChI is InChI=1S/C12H22O9S/c1-19-11-9(17)8(16)7(15)5(20-11)3-22-12-10(18)6(14)4(2-13)21-12/h4-18H,2-3H2,1H3/t4-,5+,6-,7+,8-,9+,10+,11-,12-/m0/s1. The first-order valence-corrected chi connectivity index (χ1v) is 7.92. The van der Waals surface area contributed by atoms with Gasteiger partial charge in [-0.3, -0.25) is 0 Å². The van der Waals surface area contributed by atoms with Gasteiger partial charge in [0.15, 0.2) is 6.29 Å². The van der Waals surface area contributed by atoms with Gasteiger partial charge in [0.25, 0.3) is 0 Å². The minimum atomic E-state index is -1.42. The summed E-state index contributed by atoms with van der Waals surface area (Å²) < 4.78 is 15.5. The summed E-state index contributed by atoms with van der Waals surface area (Å²) >= 11 is 1.06. The van der Waals surface area contributed by atoms with Crippen LogP contribution in [0.1, 0.15) is 0 Å². The number of hydrogen-bond acceptors (Lipinski definition) is 10. The van der Waals surface area contributed by atoms with E-state index in [2.05, 4.69) is 0 Å². The second-order valence-corrected chi connectivity index (χ2v) is 6.42. The summed E-state index contributed by atoms with van der Waals surface area (Å²) in [6, 6.07) is 0. The number of aliphatic hydroxyl groups excluding tert-OH is 6. The zero-order chi connectivity index (χ0) is 16.4. The van der Waals surface area contributed by atoms with Crippen molar-refractivity contribution < 1.29 is 44.8 Å². The van der Waals surface area contributed by atoms with Crippen LogP contribution in [0, 0.1) is 0 Å². The lowest BCUT2D eigenvalue weighted by atomic mass is 10.00. The molecule has 0 spiro atoms. The van der Waals surface area contributed by atoms with E-state index >= 15 is 0 Å². The van der Waals surface area contributed by atoms with Gasteiger partial charge in [-0.1, -0.05) is 0 Å². The quantitative estimate of drug-likeness (QED) is 0.299. The maximum Gasteiger partial charge on any atom is 0.186 e. The number of rotatable bonds is 5. The Morgan fingerprint density at radius 1 is 0.864 bits per heavy atom. The topological polar surface area (TPSA) is 149 Å². The highest BCUT2D eigenvalue weighted by molar-refractivity contribution is 7.99. The largest absolute Gasteiger partial charge is 0.394 e. The smallest absolute Gasteiger partial charge is 0.186 e. The zero-order valence-corrected chi connectivity index (χ0v) is 12.7. The summed E-state index contributed by atoms with van der Waals surface area (Å²) in [6.45, 7) is -0.422. The van der Waals surface area contributed by atoms with Crippen molar-refractivity contribution in [1.82, 2.24) is 0 Å². The number of ether oxygens (including phenoxy) is 3. The third-order valence-corrected chi connectivity index (χ3v) is 5.06. The molecule has 2 rings (SSSR count). The molecule has 0 saturated carbocycles. The van der Waals surface area contributed by atoms with Crippen LogP contribution >= 0.6 is 11.8 Å². The van der Waals surface area contributed by atoms with Crippen molar-refractivity contribution >= 4 is 11.8 Å². The highest BCUT2D eigenvalue weighted by Gasteiger charge is 2.46. The SMILES string of the molecule is CO[C@H]1O[C@H](CS[C@@H]2O[C@@H](CO)[C@H](O)[C@H]2O)[C@@H](O)[C@H](O)[C@H]1O. The minimum Gasteiger partial charge on any atom is -0.394 e. The fourth-order valence-corrected chi connectivity index (χ4v) is 3.68. The average Bonchev–Trinajstić information content (AvgIpc) is 2.79. The molecule has 2 saturated heterocycles. The Balaban J connectivity index is 1.91. The molecule has 9 atom stereocenters. The van der Waals surface area contributed by atoms with Crippen LogP contribution in [0.25, 0.3) is 0 Å². The molecule has 2 aliphatic rings. The Morgan fingerprint density at radius 3 is 2.05 bits per heavy atom. The first-order chi connectivity index (χ1) is 10.4. The van der Waals surface area contributed by atoms with Crippen LogP contribution in [0.5, 0.6) is 0 Å². The molecule has 2 aliphatic heterocycles. The maximum atomic E-state index is 9.91. The van der Waals surface area contributed by atoms with Gasteiger partial charge >= 0.3 is 0 Å². The molecule has 0 unspecified atom stereocenters. The Kier molecular flexibility index (Phi) is 6.42. The highest BCUT2D eigenvalue weighted by Crippen LogP contribution is 2.32. The van der Waals surface area contributed by atoms with Crippen LogP contribution in [0.2, 0.25) is 0 Å². The van der Waals surface area contributed by atoms with Crippen LogP contribution < -0.4 is 0 Å². The third-order valence-electron chi connectivity index (χ3n) is 3.82. The second kappa shape index (κ2) is 7.71. The average molecular weight is 342 g/mol. The van der Waals surface area contributed by atoms with Crippen molar-refractivity contribution in [1.29, 1.82) is 0 Å². The third kappa shape index (κ3) is 3.56. The molecule has 0 aromatic heterocycles. The molecule has 2 heterocycles. The lowest BCUT2D eigenvalue weighted by Gasteiger charge is -2.39. The summed E-state index contributed by atoms with van der Waals surface area (Å²) in [5.74, 6) is 0.122. The van der Waals surface area contributed by atoms with Gasteiger partial charge in [0.1, 0.15) is 42.1 Å². The minimum absolute atomic E-state index is 0.122. The summed E-state index contributed by atoms with van der Waals surface area (Å²) in [6.07, 6.45) is -9.29. The predicted octanol–water partition coefficient (Wildman–Crippen LogP) is -3.39. The summed E-state index contributed by atoms with van der Waals surface area (Å²) in [4.78, 5) is 0. The molecular formula is C12H22O9S. The normalized spacial score (nSPS) is 49.5. The number of methoxy groups -OCH3 is 1. The molecule has 22 heavy (non-hydrogen) atoms. The van der Waals surface area contributed by atoms with E-state index in [1.165, 1.54) is 7.11 Å². The molecule has 130 valence electrons. The van der Waals surface area contributed by atoms with E-state index in [4.69, 9.17) is 19.3 Å². The maximum absolute atomic E-state index is 9.91. The van der Waals surface area contributed by atoms with Crippen molar-refractivity contribution in [3.63, 3.8) is 0 Å². The van der Waals surface area contributed by atoms with Crippen LogP contribution in [0.4, 0.5) is 0 Å². The van der Waals surface area contributed by atoms with E-state index < -0.39 is 61.1 Å². The van der Waals surface area contributed by atoms with Gasteiger partial charge in [0.05, 0.1) is 12.7 Å². The van der Waals surface area contributed by atoms with Crippen LogP contribution in [0.3, 0.4) is 0 Å². The lowest BCUT2D eigenvalue weighted by molar-refractivity contribution is -0.284. The fourth-order valence-electron chi connectivity index (χ4n) is 2.44. The molecular weight excluding hydrogens is 320 g/mol. The van der Waals surface area contributed by atoms with Gasteiger partial charge in [0, 0.05) is 12.9 Å². The predicted molar refractivity (Wildman–Crippen MR) is 73.9 cm³/mol. The fraction of sp³-hybridized carbons (Fsp3) is 1.00. The number of thioether (sulfide) groups is 1. The molecule has 0 amide bonds. The van der Waals surface area contributed by atoms with Crippen LogP contribution in [0.15, 0.2) is 0 Å². The Hall–Kier alpha value is -0.0100. The zero-order valence-electron chi connectivity index (χ0n) is 11.9. The van der Waals surface area contributed by atoms with E-state index in [1.54, 1.807) is 0 Å². The van der Waals surface area contributed by atoms with Crippen molar-refractivity contribution in [3.05, 3.63) is 0 Å². The molecule has 0 bridgehead atoms. The number of aliphatic hydroxyl groups is 6. The molecule has 6 N–H and O–H groups in total.